The molecule has 3 heterocycles. The lowest BCUT2D eigenvalue weighted by Crippen LogP contribution is -2.34. The minimum absolute atomic E-state index is 0.237. The average molecular weight is 381 g/mol. The topological polar surface area (TPSA) is 77.2 Å². The first-order chi connectivity index (χ1) is 13.4. The fraction of sp³-hybridized carbons (Fsp3) is 0.286. The van der Waals surface area contributed by atoms with Gasteiger partial charge in [-0.1, -0.05) is 0 Å². The van der Waals surface area contributed by atoms with Crippen molar-refractivity contribution in [1.29, 1.82) is 0 Å². The highest BCUT2D eigenvalue weighted by Gasteiger charge is 2.28. The normalized spacial score (nSPS) is 15.2. The Morgan fingerprint density at radius 2 is 2.14 bits per heavy atom. The summed E-state index contributed by atoms with van der Waals surface area (Å²) in [4.78, 5) is 21.0. The highest BCUT2D eigenvalue weighted by atomic mass is 19.1. The lowest BCUT2D eigenvalue weighted by atomic mass is 10.0. The molecule has 144 valence electrons. The molecule has 0 saturated carbocycles. The van der Waals surface area contributed by atoms with Crippen LogP contribution in [-0.4, -0.2) is 28.5 Å². The summed E-state index contributed by atoms with van der Waals surface area (Å²) in [6.45, 7) is 5.70. The number of benzene rings is 1. The summed E-state index contributed by atoms with van der Waals surface area (Å²) in [6, 6.07) is 4.92. The van der Waals surface area contributed by atoms with E-state index in [9.17, 15) is 9.18 Å². The number of hydrogen-bond acceptors (Lipinski definition) is 5. The van der Waals surface area contributed by atoms with Crippen LogP contribution < -0.4 is 10.1 Å². The third kappa shape index (κ3) is 3.35. The van der Waals surface area contributed by atoms with E-state index in [0.29, 0.717) is 29.0 Å². The van der Waals surface area contributed by atoms with Crippen molar-refractivity contribution in [3.63, 3.8) is 0 Å². The molecule has 0 aliphatic carbocycles. The van der Waals surface area contributed by atoms with E-state index in [4.69, 9.17) is 9.15 Å². The van der Waals surface area contributed by atoms with Gasteiger partial charge in [0.15, 0.2) is 11.6 Å². The van der Waals surface area contributed by atoms with E-state index in [2.05, 4.69) is 15.3 Å². The maximum atomic E-state index is 14.6. The van der Waals surface area contributed by atoms with Crippen LogP contribution in [0.25, 0.3) is 11.3 Å². The molecule has 3 aromatic rings. The molecule has 0 saturated heterocycles. The molecular weight excluding hydrogens is 361 g/mol. The van der Waals surface area contributed by atoms with Crippen LogP contribution in [0.3, 0.4) is 0 Å². The fourth-order valence-electron chi connectivity index (χ4n) is 3.37. The van der Waals surface area contributed by atoms with E-state index in [1.807, 2.05) is 19.9 Å². The molecule has 1 aromatic carbocycles. The number of fused-ring (bicyclic) bond motifs is 1. The molecular formula is C21H20FN3O3. The molecule has 4 rings (SSSR count). The second kappa shape index (κ2) is 7.07. The predicted octanol–water partition coefficient (Wildman–Crippen LogP) is 3.53. The number of carbonyl (C=O) groups excluding carboxylic acids is 1. The van der Waals surface area contributed by atoms with Crippen molar-refractivity contribution < 1.29 is 18.3 Å². The number of rotatable bonds is 4. The molecule has 0 unspecified atom stereocenters. The molecule has 2 aromatic heterocycles. The number of nitrogens with zero attached hydrogens (tertiary/aromatic N) is 2. The number of aryl methyl sites for hydroxylation is 3. The molecule has 7 heteroatoms. The van der Waals surface area contributed by atoms with Gasteiger partial charge in [0.2, 0.25) is 0 Å². The maximum Gasteiger partial charge on any atom is 0.254 e. The van der Waals surface area contributed by atoms with E-state index >= 15 is 0 Å². The van der Waals surface area contributed by atoms with Crippen LogP contribution in [-0.2, 0) is 6.42 Å². The standard InChI is InChI=1S/C21H20FN3O3/c1-11-9-23-12(2)19(25-11)14-6-15-7-16(28-20(15)18(22)8-14)10-24-21(26)17-4-5-27-13(17)3/h4-6,8-9,16H,7,10H2,1-3H3,(H,24,26)/t16-/m1/s1. The molecule has 0 fully saturated rings. The number of hydrogen-bond donors (Lipinski definition) is 1. The first kappa shape index (κ1) is 18.2. The van der Waals surface area contributed by atoms with Crippen molar-refractivity contribution >= 4 is 5.91 Å². The lowest BCUT2D eigenvalue weighted by Gasteiger charge is -2.12. The van der Waals surface area contributed by atoms with E-state index in [0.717, 1.165) is 17.0 Å². The van der Waals surface area contributed by atoms with Crippen molar-refractivity contribution in [1.82, 2.24) is 15.3 Å². The fourth-order valence-corrected chi connectivity index (χ4v) is 3.37. The van der Waals surface area contributed by atoms with E-state index in [1.54, 1.807) is 19.2 Å². The molecule has 0 bridgehead atoms. The zero-order valence-corrected chi connectivity index (χ0v) is 15.9. The Morgan fingerprint density at radius 1 is 1.32 bits per heavy atom. The zero-order valence-electron chi connectivity index (χ0n) is 15.9. The summed E-state index contributed by atoms with van der Waals surface area (Å²) in [7, 11) is 0. The van der Waals surface area contributed by atoms with Gasteiger partial charge in [-0.3, -0.25) is 9.78 Å². The molecule has 1 atom stereocenters. The Labute approximate surface area is 161 Å². The van der Waals surface area contributed by atoms with Crippen LogP contribution in [0.15, 0.2) is 35.1 Å². The monoisotopic (exact) mass is 381 g/mol. The maximum absolute atomic E-state index is 14.6. The quantitative estimate of drug-likeness (QED) is 0.748. The SMILES string of the molecule is Cc1cnc(C)c(-c2cc(F)c3c(c2)C[C@H](CNC(=O)c2ccoc2C)O3)n1. The van der Waals surface area contributed by atoms with Crippen molar-refractivity contribution in [3.05, 3.63) is 64.8 Å². The third-order valence-electron chi connectivity index (χ3n) is 4.80. The van der Waals surface area contributed by atoms with Crippen molar-refractivity contribution in [2.45, 2.75) is 33.3 Å². The van der Waals surface area contributed by atoms with Gasteiger partial charge in [-0.25, -0.2) is 9.37 Å². The summed E-state index contributed by atoms with van der Waals surface area (Å²) in [5.74, 6) is 0.117. The number of ether oxygens (including phenoxy) is 1. The predicted molar refractivity (Wildman–Crippen MR) is 101 cm³/mol. The van der Waals surface area contributed by atoms with Crippen molar-refractivity contribution in [3.8, 4) is 17.0 Å². The van der Waals surface area contributed by atoms with Crippen LogP contribution >= 0.6 is 0 Å². The smallest absolute Gasteiger partial charge is 0.254 e. The number of nitrogens with one attached hydrogen (secondary N) is 1. The molecule has 1 N–H and O–H groups in total. The first-order valence-corrected chi connectivity index (χ1v) is 9.04. The van der Waals surface area contributed by atoms with Gasteiger partial charge in [-0.05, 0) is 39.0 Å². The van der Waals surface area contributed by atoms with Gasteiger partial charge in [0.05, 0.1) is 35.5 Å². The minimum atomic E-state index is -0.435. The Hall–Kier alpha value is -3.22. The second-order valence-electron chi connectivity index (χ2n) is 6.94. The van der Waals surface area contributed by atoms with E-state index in [1.165, 1.54) is 12.3 Å². The minimum Gasteiger partial charge on any atom is -0.485 e. The van der Waals surface area contributed by atoms with Crippen LogP contribution in [0, 0.1) is 26.6 Å². The molecule has 1 amide bonds. The van der Waals surface area contributed by atoms with Crippen LogP contribution in [0.2, 0.25) is 0 Å². The van der Waals surface area contributed by atoms with Crippen LogP contribution in [0.4, 0.5) is 4.39 Å². The second-order valence-corrected chi connectivity index (χ2v) is 6.94. The number of furan rings is 1. The number of aromatic nitrogens is 2. The molecule has 6 nitrogen and oxygen atoms in total. The van der Waals surface area contributed by atoms with E-state index in [-0.39, 0.29) is 24.3 Å². The largest absolute Gasteiger partial charge is 0.485 e. The molecule has 0 spiro atoms. The number of halogens is 1. The molecule has 0 radical (unpaired) electrons. The summed E-state index contributed by atoms with van der Waals surface area (Å²) in [5, 5.41) is 2.82. The molecule has 28 heavy (non-hydrogen) atoms. The summed E-state index contributed by atoms with van der Waals surface area (Å²) < 4.78 is 25.5. The van der Waals surface area contributed by atoms with Gasteiger partial charge in [-0.15, -0.1) is 0 Å². The van der Waals surface area contributed by atoms with Crippen LogP contribution in [0.5, 0.6) is 5.75 Å². The molecule has 1 aliphatic rings. The zero-order chi connectivity index (χ0) is 19.8. The summed E-state index contributed by atoms with van der Waals surface area (Å²) in [6.07, 6.45) is 3.33. The van der Waals surface area contributed by atoms with E-state index < -0.39 is 5.82 Å². The Kier molecular flexibility index (Phi) is 4.58. The van der Waals surface area contributed by atoms with Crippen molar-refractivity contribution in [2.24, 2.45) is 0 Å². The molecule has 1 aliphatic heterocycles. The van der Waals surface area contributed by atoms with Gasteiger partial charge in [0, 0.05) is 23.7 Å². The van der Waals surface area contributed by atoms with Gasteiger partial charge < -0.3 is 14.5 Å². The van der Waals surface area contributed by atoms with Gasteiger partial charge in [-0.2, -0.15) is 0 Å². The summed E-state index contributed by atoms with van der Waals surface area (Å²) in [5.41, 5.74) is 4.09. The van der Waals surface area contributed by atoms with Gasteiger partial charge in [0.25, 0.3) is 5.91 Å². The highest BCUT2D eigenvalue weighted by Crippen LogP contribution is 2.35. The number of amides is 1. The Balaban J connectivity index is 1.50. The van der Waals surface area contributed by atoms with Gasteiger partial charge >= 0.3 is 0 Å². The number of carbonyl (C=O) groups is 1. The average Bonchev–Trinajstić information content (AvgIpc) is 3.28. The van der Waals surface area contributed by atoms with Crippen LogP contribution in [0.1, 0.15) is 33.1 Å². The third-order valence-corrected chi connectivity index (χ3v) is 4.80. The first-order valence-electron chi connectivity index (χ1n) is 9.04. The summed E-state index contributed by atoms with van der Waals surface area (Å²) >= 11 is 0. The Bertz CT molecular complexity index is 1060. The lowest BCUT2D eigenvalue weighted by molar-refractivity contribution is 0.0931. The highest BCUT2D eigenvalue weighted by molar-refractivity contribution is 5.95. The van der Waals surface area contributed by atoms with Crippen molar-refractivity contribution in [2.75, 3.05) is 6.54 Å². The Morgan fingerprint density at radius 3 is 2.89 bits per heavy atom. The van der Waals surface area contributed by atoms with Gasteiger partial charge in [0.1, 0.15) is 11.9 Å².